The molecule has 2 aromatic carbocycles. The lowest BCUT2D eigenvalue weighted by Gasteiger charge is -2.35. The summed E-state index contributed by atoms with van der Waals surface area (Å²) in [5.74, 6) is -0.452. The standard InChI is InChI=1S/C16H14ClFO/c17-12-7-8-14(15(18)10-12)16(19)9-3-5-11-4-1-2-6-13(11)16/h1-2,4,6-8,10,19H,3,5,9H2. The van der Waals surface area contributed by atoms with Crippen LogP contribution in [0.25, 0.3) is 0 Å². The number of hydrogen-bond donors (Lipinski definition) is 1. The van der Waals surface area contributed by atoms with Crippen molar-refractivity contribution in [2.75, 3.05) is 0 Å². The fraction of sp³-hybridized carbons (Fsp3) is 0.250. The molecule has 98 valence electrons. The second-order valence-electron chi connectivity index (χ2n) is 5.00. The van der Waals surface area contributed by atoms with Crippen LogP contribution in [0.15, 0.2) is 42.5 Å². The lowest BCUT2D eigenvalue weighted by Crippen LogP contribution is -2.32. The van der Waals surface area contributed by atoms with Gasteiger partial charge >= 0.3 is 0 Å². The molecule has 1 aliphatic rings. The molecule has 3 rings (SSSR count). The molecular formula is C16H14ClFO. The van der Waals surface area contributed by atoms with Gasteiger partial charge in [0, 0.05) is 10.6 Å². The summed E-state index contributed by atoms with van der Waals surface area (Å²) in [7, 11) is 0. The Hall–Kier alpha value is -1.38. The fourth-order valence-electron chi connectivity index (χ4n) is 2.92. The van der Waals surface area contributed by atoms with Gasteiger partial charge in [-0.05, 0) is 42.5 Å². The van der Waals surface area contributed by atoms with Crippen LogP contribution in [0, 0.1) is 5.82 Å². The first kappa shape index (κ1) is 12.6. The Labute approximate surface area is 116 Å². The van der Waals surface area contributed by atoms with Gasteiger partial charge in [0.15, 0.2) is 0 Å². The molecule has 1 N–H and O–H groups in total. The van der Waals surface area contributed by atoms with E-state index < -0.39 is 11.4 Å². The number of fused-ring (bicyclic) bond motifs is 1. The highest BCUT2D eigenvalue weighted by molar-refractivity contribution is 6.30. The molecule has 0 saturated heterocycles. The van der Waals surface area contributed by atoms with Crippen LogP contribution in [0.4, 0.5) is 4.39 Å². The highest BCUT2D eigenvalue weighted by atomic mass is 35.5. The van der Waals surface area contributed by atoms with Crippen LogP contribution in [-0.4, -0.2) is 5.11 Å². The van der Waals surface area contributed by atoms with Gasteiger partial charge in [0.1, 0.15) is 11.4 Å². The van der Waals surface area contributed by atoms with Crippen LogP contribution >= 0.6 is 11.6 Å². The maximum Gasteiger partial charge on any atom is 0.131 e. The summed E-state index contributed by atoms with van der Waals surface area (Å²) >= 11 is 5.78. The zero-order chi connectivity index (χ0) is 13.5. The lowest BCUT2D eigenvalue weighted by atomic mass is 9.75. The molecule has 1 nitrogen and oxygen atoms in total. The smallest absolute Gasteiger partial charge is 0.131 e. The lowest BCUT2D eigenvalue weighted by molar-refractivity contribution is 0.0579. The Morgan fingerprint density at radius 2 is 1.89 bits per heavy atom. The number of halogens is 2. The highest BCUT2D eigenvalue weighted by Gasteiger charge is 2.37. The van der Waals surface area contributed by atoms with E-state index in [1.165, 1.54) is 6.07 Å². The molecule has 1 aliphatic carbocycles. The summed E-state index contributed by atoms with van der Waals surface area (Å²) in [5.41, 5.74) is 0.959. The van der Waals surface area contributed by atoms with Gasteiger partial charge in [-0.15, -0.1) is 0 Å². The van der Waals surface area contributed by atoms with Gasteiger partial charge in [0.05, 0.1) is 0 Å². The Kier molecular flexibility index (Phi) is 3.08. The first-order valence-corrected chi connectivity index (χ1v) is 6.75. The maximum absolute atomic E-state index is 14.1. The molecule has 0 fully saturated rings. The zero-order valence-electron chi connectivity index (χ0n) is 10.4. The molecule has 1 unspecified atom stereocenters. The predicted octanol–water partition coefficient (Wildman–Crippen LogP) is 4.05. The largest absolute Gasteiger partial charge is 0.380 e. The third kappa shape index (κ3) is 2.05. The van der Waals surface area contributed by atoms with Gasteiger partial charge in [-0.1, -0.05) is 41.9 Å². The zero-order valence-corrected chi connectivity index (χ0v) is 11.1. The summed E-state index contributed by atoms with van der Waals surface area (Å²) in [5, 5.41) is 11.3. The van der Waals surface area contributed by atoms with Gasteiger partial charge in [0.2, 0.25) is 0 Å². The van der Waals surface area contributed by atoms with Gasteiger partial charge < -0.3 is 5.11 Å². The maximum atomic E-state index is 14.1. The van der Waals surface area contributed by atoms with Crippen LogP contribution in [0.5, 0.6) is 0 Å². The molecular weight excluding hydrogens is 263 g/mol. The molecule has 0 aromatic heterocycles. The monoisotopic (exact) mass is 276 g/mol. The van der Waals surface area contributed by atoms with Crippen LogP contribution in [0.1, 0.15) is 29.5 Å². The molecule has 0 aliphatic heterocycles. The van der Waals surface area contributed by atoms with Crippen LogP contribution in [0.2, 0.25) is 5.02 Å². The van der Waals surface area contributed by atoms with Crippen molar-refractivity contribution in [3.63, 3.8) is 0 Å². The summed E-state index contributed by atoms with van der Waals surface area (Å²) < 4.78 is 14.1. The summed E-state index contributed by atoms with van der Waals surface area (Å²) in [6, 6.07) is 12.2. The molecule has 0 heterocycles. The Bertz CT molecular complexity index is 626. The molecule has 0 radical (unpaired) electrons. The third-order valence-corrected chi connectivity index (χ3v) is 4.06. The van der Waals surface area contributed by atoms with Crippen molar-refractivity contribution in [3.05, 3.63) is 70.0 Å². The van der Waals surface area contributed by atoms with Gasteiger partial charge in [-0.25, -0.2) is 4.39 Å². The van der Waals surface area contributed by atoms with Gasteiger partial charge in [0.25, 0.3) is 0 Å². The fourth-order valence-corrected chi connectivity index (χ4v) is 3.07. The van der Waals surface area contributed by atoms with E-state index in [0.29, 0.717) is 17.0 Å². The molecule has 0 spiro atoms. The van der Waals surface area contributed by atoms with E-state index in [0.717, 1.165) is 24.0 Å². The number of benzene rings is 2. The summed E-state index contributed by atoms with van der Waals surface area (Å²) in [4.78, 5) is 0. The minimum Gasteiger partial charge on any atom is -0.380 e. The van der Waals surface area contributed by atoms with Crippen LogP contribution < -0.4 is 0 Å². The van der Waals surface area contributed by atoms with E-state index in [-0.39, 0.29) is 0 Å². The van der Waals surface area contributed by atoms with Crippen molar-refractivity contribution < 1.29 is 9.50 Å². The van der Waals surface area contributed by atoms with Crippen molar-refractivity contribution in [2.24, 2.45) is 0 Å². The van der Waals surface area contributed by atoms with E-state index in [2.05, 4.69) is 0 Å². The number of rotatable bonds is 1. The second kappa shape index (κ2) is 4.62. The van der Waals surface area contributed by atoms with Crippen molar-refractivity contribution in [1.82, 2.24) is 0 Å². The molecule has 1 atom stereocenters. The van der Waals surface area contributed by atoms with Crippen LogP contribution in [0.3, 0.4) is 0 Å². The van der Waals surface area contributed by atoms with Crippen molar-refractivity contribution in [2.45, 2.75) is 24.9 Å². The SMILES string of the molecule is OC1(c2ccc(Cl)cc2F)CCCc2ccccc21. The van der Waals surface area contributed by atoms with Crippen molar-refractivity contribution in [3.8, 4) is 0 Å². The molecule has 0 bridgehead atoms. The first-order chi connectivity index (χ1) is 9.11. The van der Waals surface area contributed by atoms with E-state index in [4.69, 9.17) is 11.6 Å². The number of hydrogen-bond acceptors (Lipinski definition) is 1. The first-order valence-electron chi connectivity index (χ1n) is 6.37. The highest BCUT2D eigenvalue weighted by Crippen LogP contribution is 2.41. The summed E-state index contributed by atoms with van der Waals surface area (Å²) in [6.45, 7) is 0. The van der Waals surface area contributed by atoms with E-state index in [1.54, 1.807) is 12.1 Å². The van der Waals surface area contributed by atoms with E-state index in [1.807, 2.05) is 24.3 Å². The van der Waals surface area contributed by atoms with Crippen LogP contribution in [-0.2, 0) is 12.0 Å². The number of aryl methyl sites for hydroxylation is 1. The topological polar surface area (TPSA) is 20.2 Å². The minimum atomic E-state index is -1.25. The average molecular weight is 277 g/mol. The van der Waals surface area contributed by atoms with Crippen molar-refractivity contribution in [1.29, 1.82) is 0 Å². The van der Waals surface area contributed by atoms with Gasteiger partial charge in [-0.3, -0.25) is 0 Å². The normalized spacial score (nSPS) is 22.1. The third-order valence-electron chi connectivity index (χ3n) is 3.82. The summed E-state index contributed by atoms with van der Waals surface area (Å²) in [6.07, 6.45) is 2.30. The van der Waals surface area contributed by atoms with Gasteiger partial charge in [-0.2, -0.15) is 0 Å². The molecule has 2 aromatic rings. The molecule has 19 heavy (non-hydrogen) atoms. The minimum absolute atomic E-state index is 0.309. The molecule has 3 heteroatoms. The van der Waals surface area contributed by atoms with E-state index in [9.17, 15) is 9.50 Å². The molecule has 0 amide bonds. The Balaban J connectivity index is 2.19. The van der Waals surface area contributed by atoms with E-state index >= 15 is 0 Å². The average Bonchev–Trinajstić information content (AvgIpc) is 2.39. The second-order valence-corrected chi connectivity index (χ2v) is 5.43. The molecule has 0 saturated carbocycles. The predicted molar refractivity (Wildman–Crippen MR) is 73.8 cm³/mol. The number of aliphatic hydroxyl groups is 1. The van der Waals surface area contributed by atoms with Crippen molar-refractivity contribution >= 4 is 11.6 Å². The Morgan fingerprint density at radius 1 is 1.11 bits per heavy atom. The quantitative estimate of drug-likeness (QED) is 0.833. The Morgan fingerprint density at radius 3 is 2.68 bits per heavy atom.